The minimum atomic E-state index is -3.35. The fourth-order valence-electron chi connectivity index (χ4n) is 6.77. The van der Waals surface area contributed by atoms with Crippen molar-refractivity contribution in [3.05, 3.63) is 170 Å². The third-order valence-corrected chi connectivity index (χ3v) is 10.8. The second-order valence-electron chi connectivity index (χ2n) is 13.7. The zero-order valence-corrected chi connectivity index (χ0v) is 32.9. The first-order valence-corrected chi connectivity index (χ1v) is 20.3. The highest BCUT2D eigenvalue weighted by atomic mass is 32.2. The van der Waals surface area contributed by atoms with Gasteiger partial charge >= 0.3 is 0 Å². The van der Waals surface area contributed by atoms with Gasteiger partial charge in [0.05, 0.1) is 22.3 Å². The Balaban J connectivity index is 0.000000166. The van der Waals surface area contributed by atoms with Crippen LogP contribution in [0.3, 0.4) is 0 Å². The highest BCUT2D eigenvalue weighted by molar-refractivity contribution is 7.90. The molecule has 15 heteroatoms. The number of hydrogen-bond acceptors (Lipinski definition) is 9. The third kappa shape index (κ3) is 7.79. The van der Waals surface area contributed by atoms with Crippen LogP contribution in [-0.2, 0) is 26.5 Å². The van der Waals surface area contributed by atoms with E-state index in [2.05, 4.69) is 25.6 Å². The van der Waals surface area contributed by atoms with Crippen molar-refractivity contribution >= 4 is 66.7 Å². The average Bonchev–Trinajstić information content (AvgIpc) is 3.97. The first-order chi connectivity index (χ1) is 29.0. The van der Waals surface area contributed by atoms with Gasteiger partial charge in [-0.25, -0.2) is 13.4 Å². The van der Waals surface area contributed by atoms with Crippen molar-refractivity contribution in [2.45, 2.75) is 4.90 Å². The number of nitrogens with one attached hydrogen (secondary N) is 2. The molecule has 0 saturated heterocycles. The Morgan fingerprint density at radius 1 is 0.600 bits per heavy atom. The van der Waals surface area contributed by atoms with Crippen LogP contribution in [-0.4, -0.2) is 66.4 Å². The lowest BCUT2D eigenvalue weighted by atomic mass is 10.1. The van der Waals surface area contributed by atoms with Gasteiger partial charge in [0.2, 0.25) is 0 Å². The lowest BCUT2D eigenvalue weighted by Gasteiger charge is -2.08. The molecule has 0 bridgehead atoms. The molecule has 7 heterocycles. The lowest BCUT2D eigenvalue weighted by Crippen LogP contribution is -2.24. The van der Waals surface area contributed by atoms with E-state index in [0.717, 1.165) is 39.4 Å². The number of carbonyl (C=O) groups excluding carboxylic acids is 4. The van der Waals surface area contributed by atoms with Crippen molar-refractivity contribution in [2.75, 3.05) is 16.9 Å². The molecule has 9 aromatic rings. The molecular formula is C45H34N8O6S. The van der Waals surface area contributed by atoms with E-state index in [1.807, 2.05) is 72.3 Å². The molecule has 9 rings (SSSR count). The monoisotopic (exact) mass is 814 g/mol. The molecule has 0 unspecified atom stereocenters. The predicted molar refractivity (Wildman–Crippen MR) is 227 cm³/mol. The van der Waals surface area contributed by atoms with Crippen molar-refractivity contribution in [3.8, 4) is 22.3 Å². The van der Waals surface area contributed by atoms with Gasteiger partial charge in [-0.3, -0.25) is 29.1 Å². The second-order valence-corrected chi connectivity index (χ2v) is 15.7. The normalized spacial score (nSPS) is 11.2. The van der Waals surface area contributed by atoms with Crippen molar-refractivity contribution in [1.82, 2.24) is 28.3 Å². The van der Waals surface area contributed by atoms with E-state index in [9.17, 15) is 27.6 Å². The maximum absolute atomic E-state index is 13.2. The Bertz CT molecular complexity index is 3210. The Hall–Kier alpha value is -8.04. The fraction of sp³-hybridized carbons (Fsp3) is 0.0444. The molecule has 0 radical (unpaired) electrons. The molecule has 0 aliphatic carbocycles. The van der Waals surface area contributed by atoms with Gasteiger partial charge in [0.15, 0.2) is 9.84 Å². The summed E-state index contributed by atoms with van der Waals surface area (Å²) in [5.41, 5.74) is 7.41. The molecule has 2 amide bonds. The number of imidazole rings is 1. The number of fused-ring (bicyclic) bond motifs is 3. The topological polar surface area (TPSA) is 179 Å². The summed E-state index contributed by atoms with van der Waals surface area (Å²) < 4.78 is 28.4. The Morgan fingerprint density at radius 3 is 1.62 bits per heavy atom. The molecule has 0 aliphatic heterocycles. The molecule has 0 fully saturated rings. The Kier molecular flexibility index (Phi) is 10.4. The highest BCUT2D eigenvalue weighted by Gasteiger charge is 2.26. The van der Waals surface area contributed by atoms with Gasteiger partial charge < -0.3 is 24.0 Å². The van der Waals surface area contributed by atoms with E-state index < -0.39 is 33.2 Å². The number of ketones is 2. The minimum absolute atomic E-state index is 0.128. The number of benzene rings is 2. The number of sulfone groups is 1. The first-order valence-electron chi connectivity index (χ1n) is 18.4. The largest absolute Gasteiger partial charge is 0.334 e. The number of aryl methyl sites for hydroxylation is 1. The number of Topliss-reactive ketones (excluding diaryl/α,β-unsaturated/α-hetero) is 2. The van der Waals surface area contributed by atoms with Gasteiger partial charge in [-0.2, -0.15) is 0 Å². The van der Waals surface area contributed by atoms with Crippen LogP contribution in [0.15, 0.2) is 164 Å². The maximum Gasteiger partial charge on any atom is 0.298 e. The number of amides is 2. The molecule has 0 atom stereocenters. The number of aromatic nitrogens is 6. The molecule has 0 saturated carbocycles. The summed E-state index contributed by atoms with van der Waals surface area (Å²) in [5.74, 6) is -2.86. The van der Waals surface area contributed by atoms with Crippen molar-refractivity contribution in [2.24, 2.45) is 7.05 Å². The zero-order chi connectivity index (χ0) is 42.0. The summed E-state index contributed by atoms with van der Waals surface area (Å²) in [6.45, 7) is 0. The molecule has 0 spiro atoms. The average molecular weight is 815 g/mol. The quantitative estimate of drug-likeness (QED) is 0.115. The highest BCUT2D eigenvalue weighted by Crippen LogP contribution is 2.30. The van der Waals surface area contributed by atoms with Gasteiger partial charge in [-0.15, -0.1) is 0 Å². The molecule has 0 aliphatic rings. The molecule has 2 N–H and O–H groups in total. The van der Waals surface area contributed by atoms with E-state index in [1.165, 1.54) is 24.3 Å². The minimum Gasteiger partial charge on any atom is -0.334 e. The third-order valence-electron chi connectivity index (χ3n) is 9.67. The van der Waals surface area contributed by atoms with Crippen LogP contribution < -0.4 is 10.6 Å². The van der Waals surface area contributed by atoms with E-state index >= 15 is 0 Å². The summed E-state index contributed by atoms with van der Waals surface area (Å²) >= 11 is 0. The van der Waals surface area contributed by atoms with Gasteiger partial charge in [-0.05, 0) is 91.0 Å². The summed E-state index contributed by atoms with van der Waals surface area (Å²) in [7, 11) is -1.48. The van der Waals surface area contributed by atoms with Crippen molar-refractivity contribution in [1.29, 1.82) is 0 Å². The number of nitrogens with zero attached hydrogens (tertiary/aromatic N) is 6. The van der Waals surface area contributed by atoms with Gasteiger partial charge in [-0.1, -0.05) is 24.3 Å². The van der Waals surface area contributed by atoms with Crippen LogP contribution in [0.5, 0.6) is 0 Å². The maximum atomic E-state index is 13.2. The standard InChI is InChI=1S/C23H17N5O2.C22H17N3O4S/c1-27-14-25-19-8-7-16(11-20(19)27)26-23(30)22(29)21-18(15-5-4-9-24-13-15)12-17-6-2-3-10-28(17)21;1-30(28,29)18-9-7-16(8-10-18)24-22(27)21(26)20-19(15-5-4-11-23-14-15)13-17-6-2-3-12-25(17)20/h2-14H,1H3,(H,26,30);2-14H,1H3,(H,24,27). The number of anilines is 2. The van der Waals surface area contributed by atoms with E-state index in [0.29, 0.717) is 28.2 Å². The van der Waals surface area contributed by atoms with E-state index in [-0.39, 0.29) is 10.6 Å². The fourth-order valence-corrected chi connectivity index (χ4v) is 7.41. The predicted octanol–water partition coefficient (Wildman–Crippen LogP) is 6.94. The lowest BCUT2D eigenvalue weighted by molar-refractivity contribution is -0.113. The summed E-state index contributed by atoms with van der Waals surface area (Å²) in [4.78, 5) is 64.6. The van der Waals surface area contributed by atoms with Crippen molar-refractivity contribution in [3.63, 3.8) is 0 Å². The smallest absolute Gasteiger partial charge is 0.298 e. The van der Waals surface area contributed by atoms with Crippen LogP contribution in [0.4, 0.5) is 11.4 Å². The second kappa shape index (κ2) is 16.1. The first kappa shape index (κ1) is 38.8. The number of rotatable bonds is 9. The molecule has 7 aromatic heterocycles. The number of pyridine rings is 4. The number of carbonyl (C=O) groups is 4. The molecule has 60 heavy (non-hydrogen) atoms. The SMILES string of the molecule is CS(=O)(=O)c1ccc(NC(=O)C(=O)c2c(-c3cccnc3)cc3ccccn23)cc1.Cn1cnc2ccc(NC(=O)C(=O)c3c(-c4cccnc4)cc4ccccn34)cc21. The summed E-state index contributed by atoms with van der Waals surface area (Å²) in [6, 6.07) is 33.0. The zero-order valence-electron chi connectivity index (χ0n) is 32.1. The van der Waals surface area contributed by atoms with Gasteiger partial charge in [0.1, 0.15) is 11.4 Å². The van der Waals surface area contributed by atoms with Crippen molar-refractivity contribution < 1.29 is 27.6 Å². The Morgan fingerprint density at radius 2 is 1.12 bits per heavy atom. The van der Waals surface area contributed by atoms with Crippen LogP contribution in [0, 0.1) is 0 Å². The van der Waals surface area contributed by atoms with Crippen LogP contribution in [0.1, 0.15) is 21.0 Å². The summed E-state index contributed by atoms with van der Waals surface area (Å²) in [6.07, 6.45) is 12.9. The molecular weight excluding hydrogens is 781 g/mol. The van der Waals surface area contributed by atoms with Crippen LogP contribution in [0.2, 0.25) is 0 Å². The summed E-state index contributed by atoms with van der Waals surface area (Å²) in [5, 5.41) is 5.26. The van der Waals surface area contributed by atoms with Gasteiger partial charge in [0, 0.05) is 95.1 Å². The van der Waals surface area contributed by atoms with Crippen LogP contribution >= 0.6 is 0 Å². The van der Waals surface area contributed by atoms with E-state index in [4.69, 9.17) is 0 Å². The molecule has 14 nitrogen and oxygen atoms in total. The van der Waals surface area contributed by atoms with E-state index in [1.54, 1.807) is 82.6 Å². The van der Waals surface area contributed by atoms with Gasteiger partial charge in [0.25, 0.3) is 23.4 Å². The molecule has 2 aromatic carbocycles. The Labute approximate surface area is 342 Å². The molecule has 296 valence electrons. The van der Waals surface area contributed by atoms with Crippen LogP contribution in [0.25, 0.3) is 44.3 Å². The number of hydrogen-bond donors (Lipinski definition) is 2.